The van der Waals surface area contributed by atoms with Crippen molar-refractivity contribution < 1.29 is 4.79 Å². The topological polar surface area (TPSA) is 114 Å². The van der Waals surface area contributed by atoms with Gasteiger partial charge in [0.2, 0.25) is 0 Å². The van der Waals surface area contributed by atoms with Crippen molar-refractivity contribution in [1.29, 1.82) is 15.8 Å². The number of nitrogens with two attached hydrogens (primary N) is 1. The summed E-state index contributed by atoms with van der Waals surface area (Å²) in [7, 11) is 0. The van der Waals surface area contributed by atoms with Crippen LogP contribution in [0, 0.1) is 50.7 Å². The lowest BCUT2D eigenvalue weighted by molar-refractivity contribution is -0.126. The molecule has 5 nitrogen and oxygen atoms in total. The molecule has 0 aromatic rings. The molecule has 2 atom stereocenters. The van der Waals surface area contributed by atoms with Gasteiger partial charge in [0.1, 0.15) is 5.78 Å². The van der Waals surface area contributed by atoms with Crippen molar-refractivity contribution in [3.63, 3.8) is 0 Å². The molecule has 0 fully saturated rings. The first-order valence-corrected chi connectivity index (χ1v) is 7.11. The molecule has 0 aliphatic heterocycles. The predicted molar refractivity (Wildman–Crippen MR) is 76.9 cm³/mol. The van der Waals surface area contributed by atoms with Crippen molar-refractivity contribution in [2.45, 2.75) is 46.5 Å². The Morgan fingerprint density at radius 1 is 1.29 bits per heavy atom. The van der Waals surface area contributed by atoms with Gasteiger partial charge in [0.15, 0.2) is 5.41 Å². The lowest BCUT2D eigenvalue weighted by Crippen LogP contribution is -2.40. The molecule has 0 saturated carbocycles. The molecule has 1 rings (SSSR count). The van der Waals surface area contributed by atoms with Crippen molar-refractivity contribution in [3.05, 3.63) is 11.3 Å². The smallest absolute Gasteiger partial charge is 0.184 e. The van der Waals surface area contributed by atoms with Gasteiger partial charge in [-0.05, 0) is 20.3 Å². The summed E-state index contributed by atoms with van der Waals surface area (Å²) < 4.78 is 0. The molecule has 0 spiro atoms. The summed E-state index contributed by atoms with van der Waals surface area (Å²) in [5.41, 5.74) is 3.32. The Labute approximate surface area is 125 Å². The Balaban J connectivity index is 3.49. The number of hydrogen-bond acceptors (Lipinski definition) is 5. The van der Waals surface area contributed by atoms with E-state index in [2.05, 4.69) is 0 Å². The Morgan fingerprint density at radius 2 is 1.86 bits per heavy atom. The minimum atomic E-state index is -1.62. The molecule has 0 radical (unpaired) electrons. The number of ketones is 1. The Morgan fingerprint density at radius 3 is 2.24 bits per heavy atom. The summed E-state index contributed by atoms with van der Waals surface area (Å²) in [4.78, 5) is 12.2. The van der Waals surface area contributed by atoms with Crippen LogP contribution in [0.25, 0.3) is 0 Å². The van der Waals surface area contributed by atoms with Crippen LogP contribution in [0.15, 0.2) is 11.3 Å². The van der Waals surface area contributed by atoms with E-state index in [0.29, 0.717) is 6.42 Å². The second-order valence-electron chi connectivity index (χ2n) is 5.74. The number of carbonyl (C=O) groups excluding carboxylic acids is 1. The summed E-state index contributed by atoms with van der Waals surface area (Å²) in [5.74, 6) is -0.777. The fraction of sp³-hybridized carbons (Fsp3) is 0.625. The zero-order chi connectivity index (χ0) is 16.3. The van der Waals surface area contributed by atoms with Gasteiger partial charge in [-0.25, -0.2) is 0 Å². The summed E-state index contributed by atoms with van der Waals surface area (Å²) in [5, 5.41) is 28.4. The first-order valence-electron chi connectivity index (χ1n) is 7.11. The predicted octanol–water partition coefficient (Wildman–Crippen LogP) is 2.56. The Bertz CT molecular complexity index is 585. The molecule has 21 heavy (non-hydrogen) atoms. The van der Waals surface area contributed by atoms with Crippen LogP contribution in [-0.4, -0.2) is 5.78 Å². The van der Waals surface area contributed by atoms with E-state index in [1.807, 2.05) is 25.1 Å². The first kappa shape index (κ1) is 16.7. The van der Waals surface area contributed by atoms with E-state index in [4.69, 9.17) is 5.73 Å². The number of carbonyl (C=O) groups is 1. The molecule has 0 amide bonds. The second kappa shape index (κ2) is 5.98. The van der Waals surface area contributed by atoms with Crippen LogP contribution >= 0.6 is 0 Å². The monoisotopic (exact) mass is 284 g/mol. The lowest BCUT2D eigenvalue weighted by atomic mass is 9.64. The largest absolute Gasteiger partial charge is 0.400 e. The average molecular weight is 284 g/mol. The number of allylic oxidation sites excluding steroid dienone is 2. The van der Waals surface area contributed by atoms with Gasteiger partial charge < -0.3 is 5.73 Å². The fourth-order valence-electron chi connectivity index (χ4n) is 3.25. The van der Waals surface area contributed by atoms with Crippen LogP contribution in [-0.2, 0) is 4.79 Å². The zero-order valence-corrected chi connectivity index (χ0v) is 12.7. The third-order valence-corrected chi connectivity index (χ3v) is 4.74. The molecule has 0 bridgehead atoms. The SMILES string of the molecule is CCCCC[C@@H]1C(C#N)(C#N)C(C#N)=C(N)[C@@]1(C)C(C)=O. The lowest BCUT2D eigenvalue weighted by Gasteiger charge is -2.34. The van der Waals surface area contributed by atoms with E-state index in [1.54, 1.807) is 6.92 Å². The number of nitrogens with zero attached hydrogens (tertiary/aromatic N) is 3. The maximum atomic E-state index is 12.2. The summed E-state index contributed by atoms with van der Waals surface area (Å²) in [6.07, 6.45) is 3.25. The molecule has 1 aliphatic carbocycles. The maximum Gasteiger partial charge on any atom is 0.184 e. The normalized spacial score (nSPS) is 26.8. The second-order valence-corrected chi connectivity index (χ2v) is 5.74. The highest BCUT2D eigenvalue weighted by atomic mass is 16.1. The van der Waals surface area contributed by atoms with Crippen molar-refractivity contribution in [2.75, 3.05) is 0 Å². The molecule has 0 heterocycles. The van der Waals surface area contributed by atoms with E-state index >= 15 is 0 Å². The van der Waals surface area contributed by atoms with Gasteiger partial charge in [-0.3, -0.25) is 4.79 Å². The molecular weight excluding hydrogens is 264 g/mol. The van der Waals surface area contributed by atoms with Gasteiger partial charge in [-0.15, -0.1) is 0 Å². The quantitative estimate of drug-likeness (QED) is 0.779. The van der Waals surface area contributed by atoms with Crippen molar-refractivity contribution in [3.8, 4) is 18.2 Å². The van der Waals surface area contributed by atoms with E-state index < -0.39 is 16.7 Å². The zero-order valence-electron chi connectivity index (χ0n) is 12.7. The third kappa shape index (κ3) is 2.18. The highest BCUT2D eigenvalue weighted by Crippen LogP contribution is 2.57. The first-order chi connectivity index (χ1) is 9.86. The highest BCUT2D eigenvalue weighted by Gasteiger charge is 2.62. The number of unbranched alkanes of at least 4 members (excludes halogenated alkanes) is 2. The maximum absolute atomic E-state index is 12.2. The minimum absolute atomic E-state index is 0.0494. The van der Waals surface area contributed by atoms with Crippen molar-refractivity contribution in [1.82, 2.24) is 0 Å². The minimum Gasteiger partial charge on any atom is -0.400 e. The van der Waals surface area contributed by atoms with Crippen LogP contribution in [0.3, 0.4) is 0 Å². The molecule has 0 saturated heterocycles. The Kier molecular flexibility index (Phi) is 4.77. The van der Waals surface area contributed by atoms with Crippen molar-refractivity contribution >= 4 is 5.78 Å². The van der Waals surface area contributed by atoms with Crippen LogP contribution in [0.5, 0.6) is 0 Å². The van der Waals surface area contributed by atoms with Crippen LogP contribution < -0.4 is 5.73 Å². The van der Waals surface area contributed by atoms with Crippen LogP contribution in [0.2, 0.25) is 0 Å². The standard InChI is InChI=1S/C16H20N4O/c1-4-5-6-7-13-15(3,11(2)21)14(20)12(8-17)16(13,9-18)10-19/h13H,4-7,20H2,1-3H3/t13-,15-/m0/s1. The third-order valence-electron chi connectivity index (χ3n) is 4.74. The van der Waals surface area contributed by atoms with Gasteiger partial charge >= 0.3 is 0 Å². The van der Waals surface area contributed by atoms with Crippen LogP contribution in [0.4, 0.5) is 0 Å². The van der Waals surface area contributed by atoms with Gasteiger partial charge in [0.25, 0.3) is 0 Å². The van der Waals surface area contributed by atoms with Crippen molar-refractivity contribution in [2.24, 2.45) is 22.5 Å². The molecule has 0 aromatic heterocycles. The van der Waals surface area contributed by atoms with E-state index in [-0.39, 0.29) is 17.1 Å². The van der Waals surface area contributed by atoms with E-state index in [9.17, 15) is 20.6 Å². The van der Waals surface area contributed by atoms with Gasteiger partial charge in [0.05, 0.1) is 29.2 Å². The summed E-state index contributed by atoms with van der Waals surface area (Å²) in [6.45, 7) is 5.10. The highest BCUT2D eigenvalue weighted by molar-refractivity contribution is 5.88. The number of rotatable bonds is 5. The van der Waals surface area contributed by atoms with Gasteiger partial charge in [0, 0.05) is 11.6 Å². The molecule has 5 heteroatoms. The molecular formula is C16H20N4O. The van der Waals surface area contributed by atoms with Gasteiger partial charge in [-0.1, -0.05) is 26.2 Å². The molecule has 1 aliphatic rings. The fourth-order valence-corrected chi connectivity index (χ4v) is 3.25. The average Bonchev–Trinajstić information content (AvgIpc) is 2.66. The van der Waals surface area contributed by atoms with E-state index in [1.165, 1.54) is 6.92 Å². The Hall–Kier alpha value is -2.32. The molecule has 110 valence electrons. The summed E-state index contributed by atoms with van der Waals surface area (Å²) in [6, 6.07) is 5.84. The molecule has 0 aromatic carbocycles. The van der Waals surface area contributed by atoms with E-state index in [0.717, 1.165) is 19.3 Å². The number of hydrogen-bond donors (Lipinski definition) is 1. The molecule has 2 N–H and O–H groups in total. The van der Waals surface area contributed by atoms with Gasteiger partial charge in [-0.2, -0.15) is 15.8 Å². The summed E-state index contributed by atoms with van der Waals surface area (Å²) >= 11 is 0. The number of Topliss-reactive ketones (excluding diaryl/α,β-unsaturated/α-hetero) is 1. The van der Waals surface area contributed by atoms with Crippen LogP contribution in [0.1, 0.15) is 46.5 Å². The number of nitriles is 3. The molecule has 0 unspecified atom stereocenters.